The normalized spacial score (nSPS) is 24.9. The molecule has 27 heavy (non-hydrogen) atoms. The molecule has 1 atom stereocenters. The van der Waals surface area contributed by atoms with Gasteiger partial charge in [0.05, 0.1) is 0 Å². The highest BCUT2D eigenvalue weighted by atomic mass is 16.5. The average Bonchev–Trinajstić information content (AvgIpc) is 3.46. The summed E-state index contributed by atoms with van der Waals surface area (Å²) in [4.78, 5) is 28.3. The van der Waals surface area contributed by atoms with E-state index < -0.39 is 12.0 Å². The fourth-order valence-corrected chi connectivity index (χ4v) is 4.50. The number of carboxylic acids is 1. The Morgan fingerprint density at radius 2 is 1.85 bits per heavy atom. The summed E-state index contributed by atoms with van der Waals surface area (Å²) in [5.74, 6) is 0.190. The fraction of sp³-hybridized carbons (Fsp3) is 0.619. The maximum atomic E-state index is 12.5. The van der Waals surface area contributed by atoms with Crippen molar-refractivity contribution in [3.05, 3.63) is 30.3 Å². The number of aliphatic carboxylic acids is 1. The van der Waals surface area contributed by atoms with Crippen molar-refractivity contribution in [1.29, 1.82) is 0 Å². The summed E-state index contributed by atoms with van der Waals surface area (Å²) >= 11 is 0. The number of benzene rings is 1. The molecule has 3 aliphatic rings. The molecule has 0 aromatic heterocycles. The molecule has 1 aliphatic carbocycles. The number of hydrogen-bond acceptors (Lipinski definition) is 4. The zero-order valence-corrected chi connectivity index (χ0v) is 15.7. The van der Waals surface area contributed by atoms with Crippen LogP contribution in [-0.2, 0) is 9.59 Å². The molecule has 1 N–H and O–H groups in total. The van der Waals surface area contributed by atoms with E-state index in [0.29, 0.717) is 19.6 Å². The highest BCUT2D eigenvalue weighted by Gasteiger charge is 2.51. The van der Waals surface area contributed by atoms with Crippen LogP contribution in [0.4, 0.5) is 0 Å². The summed E-state index contributed by atoms with van der Waals surface area (Å²) < 4.78 is 5.78. The Morgan fingerprint density at radius 3 is 2.48 bits per heavy atom. The van der Waals surface area contributed by atoms with Crippen LogP contribution < -0.4 is 4.74 Å². The molecular formula is C21H28N2O4. The number of carbonyl (C=O) groups excluding carboxylic acids is 1. The third kappa shape index (κ3) is 4.10. The van der Waals surface area contributed by atoms with Gasteiger partial charge in [0.15, 0.2) is 0 Å². The Morgan fingerprint density at radius 1 is 1.15 bits per heavy atom. The first-order valence-corrected chi connectivity index (χ1v) is 10.00. The SMILES string of the molecule is O=C(O)C1CC2(CCN(CCOc3ccccc3)CC2)CN1C(=O)C1CC1. The van der Waals surface area contributed by atoms with E-state index in [1.54, 1.807) is 4.90 Å². The number of amides is 1. The van der Waals surface area contributed by atoms with Gasteiger partial charge in [0.1, 0.15) is 18.4 Å². The van der Waals surface area contributed by atoms with Crippen LogP contribution in [0.3, 0.4) is 0 Å². The Kier molecular flexibility index (Phi) is 5.08. The van der Waals surface area contributed by atoms with E-state index in [9.17, 15) is 14.7 Å². The average molecular weight is 372 g/mol. The molecule has 1 amide bonds. The van der Waals surface area contributed by atoms with Crippen LogP contribution in [0.2, 0.25) is 0 Å². The van der Waals surface area contributed by atoms with Crippen molar-refractivity contribution in [2.24, 2.45) is 11.3 Å². The van der Waals surface area contributed by atoms with Crippen molar-refractivity contribution in [2.45, 2.75) is 38.1 Å². The minimum Gasteiger partial charge on any atom is -0.492 e. The molecule has 6 heteroatoms. The van der Waals surface area contributed by atoms with E-state index in [-0.39, 0.29) is 17.2 Å². The Bertz CT molecular complexity index is 681. The summed E-state index contributed by atoms with van der Waals surface area (Å²) in [6.45, 7) is 4.03. The zero-order chi connectivity index (χ0) is 18.9. The number of carbonyl (C=O) groups is 2. The van der Waals surface area contributed by atoms with Crippen LogP contribution in [0.5, 0.6) is 5.75 Å². The number of para-hydroxylation sites is 1. The fourth-order valence-electron chi connectivity index (χ4n) is 4.50. The molecule has 4 rings (SSSR count). The molecule has 3 fully saturated rings. The van der Waals surface area contributed by atoms with Gasteiger partial charge in [0.25, 0.3) is 0 Å². The van der Waals surface area contributed by atoms with E-state index >= 15 is 0 Å². The molecule has 1 unspecified atom stereocenters. The number of hydrogen-bond donors (Lipinski definition) is 1. The summed E-state index contributed by atoms with van der Waals surface area (Å²) in [5.41, 5.74) is -0.0234. The van der Waals surface area contributed by atoms with Crippen molar-refractivity contribution in [2.75, 3.05) is 32.8 Å². The molecule has 1 spiro atoms. The third-order valence-electron chi connectivity index (χ3n) is 6.34. The number of nitrogens with zero attached hydrogens (tertiary/aromatic N) is 2. The Labute approximate surface area is 160 Å². The predicted octanol–water partition coefficient (Wildman–Crippen LogP) is 2.24. The standard InChI is InChI=1S/C21H28N2O4/c24-19(16-6-7-16)23-15-21(14-18(23)20(25)26)8-10-22(11-9-21)12-13-27-17-4-2-1-3-5-17/h1-5,16,18H,6-15H2,(H,25,26). The molecule has 2 aliphatic heterocycles. The molecule has 0 bridgehead atoms. The molecule has 0 radical (unpaired) electrons. The smallest absolute Gasteiger partial charge is 0.326 e. The van der Waals surface area contributed by atoms with Crippen molar-refractivity contribution >= 4 is 11.9 Å². The van der Waals surface area contributed by atoms with Gasteiger partial charge in [0, 0.05) is 19.0 Å². The molecule has 1 aromatic rings. The third-order valence-corrected chi connectivity index (χ3v) is 6.34. The number of carboxylic acid groups (broad SMARTS) is 1. The van der Waals surface area contributed by atoms with Gasteiger partial charge in [-0.1, -0.05) is 18.2 Å². The number of piperidine rings is 1. The first-order valence-electron chi connectivity index (χ1n) is 10.00. The molecule has 2 saturated heterocycles. The lowest BCUT2D eigenvalue weighted by Crippen LogP contribution is -2.44. The topological polar surface area (TPSA) is 70.1 Å². The van der Waals surface area contributed by atoms with Gasteiger partial charge in [0.2, 0.25) is 5.91 Å². The first kappa shape index (κ1) is 18.3. The second kappa shape index (κ2) is 7.50. The van der Waals surface area contributed by atoms with E-state index in [2.05, 4.69) is 4.90 Å². The van der Waals surface area contributed by atoms with Gasteiger partial charge in [-0.15, -0.1) is 0 Å². The summed E-state index contributed by atoms with van der Waals surface area (Å²) in [7, 11) is 0. The number of likely N-dealkylation sites (tertiary alicyclic amines) is 2. The van der Waals surface area contributed by atoms with E-state index in [1.165, 1.54) is 0 Å². The lowest BCUT2D eigenvalue weighted by Gasteiger charge is -2.39. The van der Waals surface area contributed by atoms with Gasteiger partial charge in [-0.2, -0.15) is 0 Å². The number of rotatable bonds is 6. The van der Waals surface area contributed by atoms with Crippen molar-refractivity contribution in [3.8, 4) is 5.75 Å². The summed E-state index contributed by atoms with van der Waals surface area (Å²) in [6.07, 6.45) is 4.36. The van der Waals surface area contributed by atoms with Crippen molar-refractivity contribution in [1.82, 2.24) is 9.80 Å². The minimum absolute atomic E-state index is 0.0234. The second-order valence-corrected chi connectivity index (χ2v) is 8.30. The van der Waals surface area contributed by atoms with Gasteiger partial charge in [-0.3, -0.25) is 9.69 Å². The molecule has 6 nitrogen and oxygen atoms in total. The van der Waals surface area contributed by atoms with E-state index in [1.807, 2.05) is 30.3 Å². The molecule has 2 heterocycles. The molecule has 1 aromatic carbocycles. The van der Waals surface area contributed by atoms with Crippen molar-refractivity contribution in [3.63, 3.8) is 0 Å². The maximum Gasteiger partial charge on any atom is 0.326 e. The van der Waals surface area contributed by atoms with Gasteiger partial charge < -0.3 is 14.7 Å². The van der Waals surface area contributed by atoms with E-state index in [0.717, 1.165) is 51.1 Å². The highest BCUT2D eigenvalue weighted by Crippen LogP contribution is 2.45. The first-order chi connectivity index (χ1) is 13.1. The quantitative estimate of drug-likeness (QED) is 0.829. The summed E-state index contributed by atoms with van der Waals surface area (Å²) in [6, 6.07) is 9.19. The highest BCUT2D eigenvalue weighted by molar-refractivity contribution is 5.87. The largest absolute Gasteiger partial charge is 0.492 e. The second-order valence-electron chi connectivity index (χ2n) is 8.30. The Balaban J connectivity index is 1.28. The van der Waals surface area contributed by atoms with Crippen LogP contribution >= 0.6 is 0 Å². The van der Waals surface area contributed by atoms with Gasteiger partial charge in [-0.25, -0.2) is 4.79 Å². The lowest BCUT2D eigenvalue weighted by atomic mass is 9.76. The van der Waals surface area contributed by atoms with Crippen molar-refractivity contribution < 1.29 is 19.4 Å². The maximum absolute atomic E-state index is 12.5. The minimum atomic E-state index is -0.848. The van der Waals surface area contributed by atoms with Crippen LogP contribution in [0, 0.1) is 11.3 Å². The monoisotopic (exact) mass is 372 g/mol. The van der Waals surface area contributed by atoms with Gasteiger partial charge in [-0.05, 0) is 62.7 Å². The Hall–Kier alpha value is -2.08. The molecular weight excluding hydrogens is 344 g/mol. The predicted molar refractivity (Wildman–Crippen MR) is 101 cm³/mol. The summed E-state index contributed by atoms with van der Waals surface area (Å²) in [5, 5.41) is 9.60. The van der Waals surface area contributed by atoms with Crippen LogP contribution in [0.15, 0.2) is 30.3 Å². The van der Waals surface area contributed by atoms with Crippen LogP contribution in [-0.4, -0.2) is 65.6 Å². The van der Waals surface area contributed by atoms with Gasteiger partial charge >= 0.3 is 5.97 Å². The molecule has 1 saturated carbocycles. The molecule has 146 valence electrons. The zero-order valence-electron chi connectivity index (χ0n) is 15.7. The van der Waals surface area contributed by atoms with Crippen LogP contribution in [0.25, 0.3) is 0 Å². The van der Waals surface area contributed by atoms with E-state index in [4.69, 9.17) is 4.74 Å². The lowest BCUT2D eigenvalue weighted by molar-refractivity contribution is -0.148. The van der Waals surface area contributed by atoms with Crippen LogP contribution in [0.1, 0.15) is 32.1 Å². The number of ether oxygens (including phenoxy) is 1.